The molecule has 1 aliphatic rings. The van der Waals surface area contributed by atoms with E-state index in [-0.39, 0.29) is 0 Å². The summed E-state index contributed by atoms with van der Waals surface area (Å²) < 4.78 is 0. The molecule has 0 unspecified atom stereocenters. The summed E-state index contributed by atoms with van der Waals surface area (Å²) in [6, 6.07) is 0.787. The van der Waals surface area contributed by atoms with Crippen molar-refractivity contribution in [3.63, 3.8) is 0 Å². The highest BCUT2D eigenvalue weighted by molar-refractivity contribution is 4.76. The van der Waals surface area contributed by atoms with Crippen molar-refractivity contribution in [3.8, 4) is 0 Å². The van der Waals surface area contributed by atoms with Gasteiger partial charge >= 0.3 is 0 Å². The lowest BCUT2D eigenvalue weighted by molar-refractivity contribution is 0.313. The molecule has 10 heavy (non-hydrogen) atoms. The maximum atomic E-state index is 3.31. The van der Waals surface area contributed by atoms with E-state index >= 15 is 0 Å². The van der Waals surface area contributed by atoms with Gasteiger partial charge in [0, 0.05) is 12.6 Å². The van der Waals surface area contributed by atoms with E-state index < -0.39 is 0 Å². The van der Waals surface area contributed by atoms with Crippen LogP contribution in [0.1, 0.15) is 20.3 Å². The minimum absolute atomic E-state index is 0.787. The van der Waals surface area contributed by atoms with Gasteiger partial charge in [-0.25, -0.2) is 0 Å². The monoisotopic (exact) mass is 144 g/mol. The third-order valence-corrected chi connectivity index (χ3v) is 1.76. The predicted octanol–water partition coefficient (Wildman–Crippen LogP) is 0.936. The predicted molar refractivity (Wildman–Crippen MR) is 46.3 cm³/mol. The fourth-order valence-corrected chi connectivity index (χ4v) is 1.08. The molecular formula is C8H20N2. The number of nitrogens with one attached hydrogen (secondary N) is 1. The van der Waals surface area contributed by atoms with Crippen molar-refractivity contribution >= 4 is 0 Å². The molecule has 1 N–H and O–H groups in total. The Hall–Kier alpha value is -0.0800. The van der Waals surface area contributed by atoms with Crippen LogP contribution in [0.25, 0.3) is 0 Å². The van der Waals surface area contributed by atoms with Gasteiger partial charge in [0.25, 0.3) is 0 Å². The van der Waals surface area contributed by atoms with Gasteiger partial charge in [-0.3, -0.25) is 0 Å². The Labute approximate surface area is 64.6 Å². The molecule has 0 aromatic rings. The molecule has 0 aliphatic carbocycles. The number of hydrogen-bond donors (Lipinski definition) is 1. The van der Waals surface area contributed by atoms with E-state index in [9.17, 15) is 0 Å². The number of rotatable bonds is 1. The molecule has 0 radical (unpaired) electrons. The molecule has 0 amide bonds. The van der Waals surface area contributed by atoms with Gasteiger partial charge in [-0.05, 0) is 27.1 Å². The van der Waals surface area contributed by atoms with Gasteiger partial charge in [-0.2, -0.15) is 0 Å². The second kappa shape index (κ2) is 5.69. The highest BCUT2D eigenvalue weighted by Crippen LogP contribution is 2.01. The van der Waals surface area contributed by atoms with E-state index in [2.05, 4.69) is 24.3 Å². The van der Waals surface area contributed by atoms with Crippen molar-refractivity contribution in [1.82, 2.24) is 10.2 Å². The summed E-state index contributed by atoms with van der Waals surface area (Å²) in [4.78, 5) is 2.28. The first-order valence-electron chi connectivity index (χ1n) is 4.18. The molecule has 1 atom stereocenters. The maximum Gasteiger partial charge on any atom is 0.0226 e. The van der Waals surface area contributed by atoms with Crippen molar-refractivity contribution in [2.45, 2.75) is 26.3 Å². The average molecular weight is 144 g/mol. The van der Waals surface area contributed by atoms with Crippen molar-refractivity contribution in [3.05, 3.63) is 0 Å². The Balaban J connectivity index is 0.000000371. The lowest BCUT2D eigenvalue weighted by Crippen LogP contribution is -2.29. The lowest BCUT2D eigenvalue weighted by atomic mass is 10.2. The minimum Gasteiger partial charge on any atom is -0.315 e. The average Bonchev–Trinajstić information content (AvgIpc) is 2.42. The van der Waals surface area contributed by atoms with E-state index in [4.69, 9.17) is 0 Å². The summed E-state index contributed by atoms with van der Waals surface area (Å²) in [5.74, 6) is 0. The van der Waals surface area contributed by atoms with Crippen molar-refractivity contribution < 1.29 is 0 Å². The summed E-state index contributed by atoms with van der Waals surface area (Å²) in [6.45, 7) is 6.37. The summed E-state index contributed by atoms with van der Waals surface area (Å²) >= 11 is 0. The lowest BCUT2D eigenvalue weighted by Gasteiger charge is -2.16. The summed E-state index contributed by atoms with van der Waals surface area (Å²) in [7, 11) is 4.27. The van der Waals surface area contributed by atoms with Crippen LogP contribution >= 0.6 is 0 Å². The van der Waals surface area contributed by atoms with Gasteiger partial charge in [0.2, 0.25) is 0 Å². The quantitative estimate of drug-likeness (QED) is 0.589. The Morgan fingerprint density at radius 2 is 1.90 bits per heavy atom. The van der Waals surface area contributed by atoms with E-state index in [1.54, 1.807) is 0 Å². The Morgan fingerprint density at radius 3 is 2.10 bits per heavy atom. The van der Waals surface area contributed by atoms with Gasteiger partial charge in [-0.1, -0.05) is 13.8 Å². The van der Waals surface area contributed by atoms with Gasteiger partial charge in [0.15, 0.2) is 0 Å². The first-order chi connectivity index (χ1) is 4.80. The van der Waals surface area contributed by atoms with Crippen LogP contribution in [0.3, 0.4) is 0 Å². The highest BCUT2D eigenvalue weighted by Gasteiger charge is 2.14. The molecule has 0 spiro atoms. The molecule has 2 nitrogen and oxygen atoms in total. The van der Waals surface area contributed by atoms with Crippen LogP contribution in [-0.2, 0) is 0 Å². The second-order valence-electron chi connectivity index (χ2n) is 2.61. The van der Waals surface area contributed by atoms with Crippen molar-refractivity contribution in [1.29, 1.82) is 0 Å². The molecule has 1 fully saturated rings. The Kier molecular flexibility index (Phi) is 5.64. The van der Waals surface area contributed by atoms with Crippen LogP contribution in [0.5, 0.6) is 0 Å². The molecule has 0 bridgehead atoms. The summed E-state index contributed by atoms with van der Waals surface area (Å²) in [5.41, 5.74) is 0. The van der Waals surface area contributed by atoms with Crippen LogP contribution in [-0.4, -0.2) is 38.1 Å². The fraction of sp³-hybridized carbons (Fsp3) is 1.00. The summed E-state index contributed by atoms with van der Waals surface area (Å²) in [5, 5.41) is 3.31. The molecular weight excluding hydrogens is 124 g/mol. The molecule has 1 rings (SSSR count). The summed E-state index contributed by atoms with van der Waals surface area (Å²) in [6.07, 6.45) is 1.31. The first-order valence-corrected chi connectivity index (χ1v) is 4.18. The highest BCUT2D eigenvalue weighted by atomic mass is 15.1. The van der Waals surface area contributed by atoms with Gasteiger partial charge in [-0.15, -0.1) is 0 Å². The molecule has 1 aliphatic heterocycles. The zero-order valence-electron chi connectivity index (χ0n) is 7.65. The normalized spacial score (nSPS) is 24.3. The van der Waals surface area contributed by atoms with Gasteiger partial charge < -0.3 is 10.2 Å². The van der Waals surface area contributed by atoms with Crippen molar-refractivity contribution in [2.24, 2.45) is 0 Å². The number of likely N-dealkylation sites (N-methyl/N-ethyl adjacent to an activating group) is 1. The Bertz CT molecular complexity index is 65.7. The second-order valence-corrected chi connectivity index (χ2v) is 2.61. The third-order valence-electron chi connectivity index (χ3n) is 1.76. The maximum absolute atomic E-state index is 3.31. The molecule has 1 saturated heterocycles. The number of hydrogen-bond acceptors (Lipinski definition) is 2. The SMILES string of the molecule is CC.CN(C)[C@H]1CCNC1. The molecule has 62 valence electrons. The van der Waals surface area contributed by atoms with Crippen LogP contribution < -0.4 is 5.32 Å². The molecule has 0 saturated carbocycles. The standard InChI is InChI=1S/C6H14N2.C2H6/c1-8(2)6-3-4-7-5-6;1-2/h6-7H,3-5H2,1-2H3;1-2H3/t6-;/m0./s1. The topological polar surface area (TPSA) is 15.3 Å². The van der Waals surface area contributed by atoms with Crippen LogP contribution in [0, 0.1) is 0 Å². The van der Waals surface area contributed by atoms with Crippen LogP contribution in [0.15, 0.2) is 0 Å². The zero-order chi connectivity index (χ0) is 7.98. The van der Waals surface area contributed by atoms with Gasteiger partial charge in [0.05, 0.1) is 0 Å². The fourth-order valence-electron chi connectivity index (χ4n) is 1.08. The van der Waals surface area contributed by atoms with E-state index in [0.717, 1.165) is 6.04 Å². The van der Waals surface area contributed by atoms with Crippen LogP contribution in [0.2, 0.25) is 0 Å². The first kappa shape index (κ1) is 9.92. The van der Waals surface area contributed by atoms with E-state index in [0.29, 0.717) is 0 Å². The minimum atomic E-state index is 0.787. The third kappa shape index (κ3) is 3.18. The molecule has 2 heteroatoms. The van der Waals surface area contributed by atoms with E-state index in [1.165, 1.54) is 19.5 Å². The molecule has 0 aromatic heterocycles. The van der Waals surface area contributed by atoms with Crippen LogP contribution in [0.4, 0.5) is 0 Å². The molecule has 1 heterocycles. The largest absolute Gasteiger partial charge is 0.315 e. The zero-order valence-corrected chi connectivity index (χ0v) is 7.65. The molecule has 0 aromatic carbocycles. The van der Waals surface area contributed by atoms with E-state index in [1.807, 2.05) is 13.8 Å². The van der Waals surface area contributed by atoms with Crippen molar-refractivity contribution in [2.75, 3.05) is 27.2 Å². The Morgan fingerprint density at radius 1 is 1.30 bits per heavy atom. The smallest absolute Gasteiger partial charge is 0.0226 e. The van der Waals surface area contributed by atoms with Gasteiger partial charge in [0.1, 0.15) is 0 Å². The number of nitrogens with zero attached hydrogens (tertiary/aromatic N) is 1.